The highest BCUT2D eigenvalue weighted by Crippen LogP contribution is 2.22. The SMILES string of the molecule is Cc1sc(C(=O)O)cc1CN[C@@H](C)c1ccc(F)cc1. The van der Waals surface area contributed by atoms with Crippen molar-refractivity contribution in [1.82, 2.24) is 5.32 Å². The summed E-state index contributed by atoms with van der Waals surface area (Å²) in [6, 6.07) is 8.14. The van der Waals surface area contributed by atoms with Crippen molar-refractivity contribution < 1.29 is 14.3 Å². The summed E-state index contributed by atoms with van der Waals surface area (Å²) in [6.45, 7) is 4.50. The van der Waals surface area contributed by atoms with Gasteiger partial charge in [-0.3, -0.25) is 0 Å². The molecule has 0 spiro atoms. The topological polar surface area (TPSA) is 49.3 Å². The fourth-order valence-corrected chi connectivity index (χ4v) is 2.81. The van der Waals surface area contributed by atoms with Crippen molar-refractivity contribution in [3.63, 3.8) is 0 Å². The van der Waals surface area contributed by atoms with Gasteiger partial charge in [0.1, 0.15) is 10.7 Å². The van der Waals surface area contributed by atoms with Crippen LogP contribution < -0.4 is 5.32 Å². The first-order chi connectivity index (χ1) is 9.47. The third-order valence-corrected chi connectivity index (χ3v) is 4.28. The fraction of sp³-hybridized carbons (Fsp3) is 0.267. The third kappa shape index (κ3) is 3.43. The number of carbonyl (C=O) groups is 1. The lowest BCUT2D eigenvalue weighted by Crippen LogP contribution is -2.18. The predicted molar refractivity (Wildman–Crippen MR) is 77.7 cm³/mol. The standard InChI is InChI=1S/C15H16FNO2S/c1-9(11-3-5-13(16)6-4-11)17-8-12-7-14(15(18)19)20-10(12)2/h3-7,9,17H,8H2,1-2H3,(H,18,19)/t9-/m0/s1. The molecule has 1 aromatic heterocycles. The Kier molecular flexibility index (Phi) is 4.52. The maximum absolute atomic E-state index is 12.9. The number of thiophene rings is 1. The lowest BCUT2D eigenvalue weighted by Gasteiger charge is -2.14. The number of benzene rings is 1. The van der Waals surface area contributed by atoms with Gasteiger partial charge in [-0.05, 0) is 43.2 Å². The summed E-state index contributed by atoms with van der Waals surface area (Å²) >= 11 is 1.28. The van der Waals surface area contributed by atoms with Gasteiger partial charge >= 0.3 is 5.97 Å². The zero-order chi connectivity index (χ0) is 14.7. The molecule has 0 saturated heterocycles. The van der Waals surface area contributed by atoms with E-state index in [0.29, 0.717) is 11.4 Å². The monoisotopic (exact) mass is 293 g/mol. The molecule has 1 heterocycles. The van der Waals surface area contributed by atoms with Crippen LogP contribution in [0.4, 0.5) is 4.39 Å². The van der Waals surface area contributed by atoms with Gasteiger partial charge in [0.25, 0.3) is 0 Å². The Labute approximate surface area is 121 Å². The van der Waals surface area contributed by atoms with E-state index in [0.717, 1.165) is 16.0 Å². The number of rotatable bonds is 5. The molecule has 3 nitrogen and oxygen atoms in total. The van der Waals surface area contributed by atoms with Crippen LogP contribution in [-0.2, 0) is 6.54 Å². The van der Waals surface area contributed by atoms with E-state index < -0.39 is 5.97 Å². The molecule has 0 saturated carbocycles. The second-order valence-electron chi connectivity index (χ2n) is 4.65. The second kappa shape index (κ2) is 6.15. The molecule has 5 heteroatoms. The van der Waals surface area contributed by atoms with Crippen molar-refractivity contribution >= 4 is 17.3 Å². The first-order valence-electron chi connectivity index (χ1n) is 6.29. The fourth-order valence-electron chi connectivity index (χ4n) is 1.93. The highest BCUT2D eigenvalue weighted by molar-refractivity contribution is 7.14. The molecule has 0 unspecified atom stereocenters. The minimum Gasteiger partial charge on any atom is -0.477 e. The number of hydrogen-bond donors (Lipinski definition) is 2. The molecule has 0 aliphatic carbocycles. The van der Waals surface area contributed by atoms with Crippen molar-refractivity contribution in [3.8, 4) is 0 Å². The van der Waals surface area contributed by atoms with Gasteiger partial charge in [0.15, 0.2) is 0 Å². The van der Waals surface area contributed by atoms with Crippen LogP contribution in [0.15, 0.2) is 30.3 Å². The third-order valence-electron chi connectivity index (χ3n) is 3.20. The van der Waals surface area contributed by atoms with Crippen LogP contribution in [0.2, 0.25) is 0 Å². The Morgan fingerprint density at radius 2 is 2.05 bits per heavy atom. The average molecular weight is 293 g/mol. The Hall–Kier alpha value is -1.72. The smallest absolute Gasteiger partial charge is 0.345 e. The molecular formula is C15H16FNO2S. The van der Waals surface area contributed by atoms with Crippen molar-refractivity contribution in [2.24, 2.45) is 0 Å². The minimum absolute atomic E-state index is 0.0724. The number of carboxylic acids is 1. The molecular weight excluding hydrogens is 277 g/mol. The number of nitrogens with one attached hydrogen (secondary N) is 1. The van der Waals surface area contributed by atoms with Crippen molar-refractivity contribution in [3.05, 3.63) is 57.0 Å². The summed E-state index contributed by atoms with van der Waals surface area (Å²) in [5, 5.41) is 12.3. The molecule has 1 atom stereocenters. The average Bonchev–Trinajstić information content (AvgIpc) is 2.78. The lowest BCUT2D eigenvalue weighted by molar-refractivity contribution is 0.0702. The largest absolute Gasteiger partial charge is 0.477 e. The van der Waals surface area contributed by atoms with Crippen LogP contribution >= 0.6 is 11.3 Å². The summed E-state index contributed by atoms with van der Waals surface area (Å²) < 4.78 is 12.9. The first-order valence-corrected chi connectivity index (χ1v) is 7.10. The van der Waals surface area contributed by atoms with E-state index in [-0.39, 0.29) is 11.9 Å². The molecule has 0 aliphatic rings. The van der Waals surface area contributed by atoms with Crippen LogP contribution in [0.25, 0.3) is 0 Å². The van der Waals surface area contributed by atoms with Gasteiger partial charge in [-0.15, -0.1) is 11.3 Å². The van der Waals surface area contributed by atoms with Crippen molar-refractivity contribution in [2.75, 3.05) is 0 Å². The summed E-state index contributed by atoms with van der Waals surface area (Å²) in [5.41, 5.74) is 1.99. The summed E-state index contributed by atoms with van der Waals surface area (Å²) in [6.07, 6.45) is 0. The quantitative estimate of drug-likeness (QED) is 0.882. The van der Waals surface area contributed by atoms with Gasteiger partial charge in [0.2, 0.25) is 0 Å². The molecule has 2 aromatic rings. The number of halogens is 1. The zero-order valence-electron chi connectivity index (χ0n) is 11.3. The van der Waals surface area contributed by atoms with E-state index >= 15 is 0 Å². The zero-order valence-corrected chi connectivity index (χ0v) is 12.1. The Morgan fingerprint density at radius 1 is 1.40 bits per heavy atom. The molecule has 0 fully saturated rings. The van der Waals surface area contributed by atoms with Crippen LogP contribution in [0.1, 0.15) is 38.6 Å². The predicted octanol–water partition coefficient (Wildman–Crippen LogP) is 3.74. The Bertz CT molecular complexity index is 607. The Morgan fingerprint density at radius 3 is 2.60 bits per heavy atom. The minimum atomic E-state index is -0.893. The van der Waals surface area contributed by atoms with Crippen LogP contribution in [-0.4, -0.2) is 11.1 Å². The highest BCUT2D eigenvalue weighted by atomic mass is 32.1. The number of hydrogen-bond acceptors (Lipinski definition) is 3. The number of aromatic carboxylic acids is 1. The molecule has 0 bridgehead atoms. The van der Waals surface area contributed by atoms with E-state index in [2.05, 4.69) is 5.32 Å². The molecule has 1 aromatic carbocycles. The molecule has 0 radical (unpaired) electrons. The van der Waals surface area contributed by atoms with Gasteiger partial charge in [-0.25, -0.2) is 9.18 Å². The van der Waals surface area contributed by atoms with Gasteiger partial charge < -0.3 is 10.4 Å². The van der Waals surface area contributed by atoms with Crippen LogP contribution in [0.3, 0.4) is 0 Å². The van der Waals surface area contributed by atoms with Crippen LogP contribution in [0.5, 0.6) is 0 Å². The maximum Gasteiger partial charge on any atom is 0.345 e. The van der Waals surface area contributed by atoms with Gasteiger partial charge in [-0.2, -0.15) is 0 Å². The van der Waals surface area contributed by atoms with E-state index in [1.165, 1.54) is 23.5 Å². The van der Waals surface area contributed by atoms with Crippen LogP contribution in [0, 0.1) is 12.7 Å². The van der Waals surface area contributed by atoms with Crippen molar-refractivity contribution in [2.45, 2.75) is 26.4 Å². The first kappa shape index (κ1) is 14.7. The number of carboxylic acid groups (broad SMARTS) is 1. The molecule has 20 heavy (non-hydrogen) atoms. The molecule has 106 valence electrons. The maximum atomic E-state index is 12.9. The van der Waals surface area contributed by atoms with E-state index in [1.807, 2.05) is 13.8 Å². The van der Waals surface area contributed by atoms with Gasteiger partial charge in [-0.1, -0.05) is 12.1 Å². The van der Waals surface area contributed by atoms with E-state index in [4.69, 9.17) is 5.11 Å². The second-order valence-corrected chi connectivity index (χ2v) is 5.91. The Balaban J connectivity index is 2.01. The normalized spacial score (nSPS) is 12.3. The summed E-state index contributed by atoms with van der Waals surface area (Å²) in [7, 11) is 0. The molecule has 0 amide bonds. The van der Waals surface area contributed by atoms with E-state index in [1.54, 1.807) is 18.2 Å². The van der Waals surface area contributed by atoms with E-state index in [9.17, 15) is 9.18 Å². The highest BCUT2D eigenvalue weighted by Gasteiger charge is 2.12. The molecule has 2 N–H and O–H groups in total. The molecule has 0 aliphatic heterocycles. The van der Waals surface area contributed by atoms with Crippen molar-refractivity contribution in [1.29, 1.82) is 0 Å². The summed E-state index contributed by atoms with van der Waals surface area (Å²) in [4.78, 5) is 12.3. The summed E-state index contributed by atoms with van der Waals surface area (Å²) in [5.74, 6) is -1.14. The lowest BCUT2D eigenvalue weighted by atomic mass is 10.1. The number of aryl methyl sites for hydroxylation is 1. The molecule has 2 rings (SSSR count). The van der Waals surface area contributed by atoms with Gasteiger partial charge in [0, 0.05) is 17.5 Å². The van der Waals surface area contributed by atoms with Gasteiger partial charge in [0.05, 0.1) is 0 Å².